The highest BCUT2D eigenvalue weighted by Crippen LogP contribution is 2.23. The number of aromatic nitrogens is 1. The van der Waals surface area contributed by atoms with Gasteiger partial charge >= 0.3 is 0 Å². The summed E-state index contributed by atoms with van der Waals surface area (Å²) in [6, 6.07) is 12.1. The Morgan fingerprint density at radius 1 is 1.24 bits per heavy atom. The Bertz CT molecular complexity index is 876. The lowest BCUT2D eigenvalue weighted by atomic mass is 10.1. The van der Waals surface area contributed by atoms with Crippen LogP contribution in [-0.4, -0.2) is 36.8 Å². The summed E-state index contributed by atoms with van der Waals surface area (Å²) in [5.74, 6) is 0.645. The van der Waals surface area contributed by atoms with Crippen LogP contribution in [0.5, 0.6) is 0 Å². The zero-order chi connectivity index (χ0) is 17.9. The Balaban J connectivity index is 1.71. The number of sulfonamides is 1. The largest absolute Gasteiger partial charge is 0.366 e. The molecule has 1 N–H and O–H groups in total. The van der Waals surface area contributed by atoms with E-state index in [1.54, 1.807) is 36.4 Å². The molecule has 0 amide bonds. The van der Waals surface area contributed by atoms with Crippen molar-refractivity contribution in [3.8, 4) is 6.07 Å². The van der Waals surface area contributed by atoms with Gasteiger partial charge in [-0.05, 0) is 49.2 Å². The van der Waals surface area contributed by atoms with Crippen molar-refractivity contribution in [2.75, 3.05) is 18.4 Å². The van der Waals surface area contributed by atoms with E-state index in [0.717, 1.165) is 17.3 Å². The molecule has 1 aromatic carbocycles. The zero-order valence-electron chi connectivity index (χ0n) is 13.4. The van der Waals surface area contributed by atoms with Crippen LogP contribution in [-0.2, 0) is 10.0 Å². The fourth-order valence-electron chi connectivity index (χ4n) is 2.79. The van der Waals surface area contributed by atoms with Crippen LogP contribution >= 0.6 is 15.9 Å². The normalized spacial score (nSPS) is 18.5. The van der Waals surface area contributed by atoms with Gasteiger partial charge in [-0.15, -0.1) is 0 Å². The Morgan fingerprint density at radius 3 is 2.64 bits per heavy atom. The smallest absolute Gasteiger partial charge is 0.243 e. The number of nitrogens with one attached hydrogen (secondary N) is 1. The molecule has 2 heterocycles. The first-order valence-corrected chi connectivity index (χ1v) is 10.1. The molecule has 0 radical (unpaired) electrons. The van der Waals surface area contributed by atoms with E-state index in [9.17, 15) is 8.42 Å². The van der Waals surface area contributed by atoms with Crippen LogP contribution in [0.1, 0.15) is 18.4 Å². The molecule has 0 spiro atoms. The number of halogens is 1. The minimum Gasteiger partial charge on any atom is -0.366 e. The molecule has 6 nitrogen and oxygen atoms in total. The van der Waals surface area contributed by atoms with E-state index >= 15 is 0 Å². The van der Waals surface area contributed by atoms with E-state index in [2.05, 4.69) is 26.2 Å². The van der Waals surface area contributed by atoms with E-state index in [4.69, 9.17) is 5.26 Å². The number of piperidine rings is 1. The molecule has 130 valence electrons. The molecule has 1 saturated heterocycles. The zero-order valence-corrected chi connectivity index (χ0v) is 15.8. The van der Waals surface area contributed by atoms with Crippen molar-refractivity contribution in [1.82, 2.24) is 9.29 Å². The van der Waals surface area contributed by atoms with Gasteiger partial charge in [0.2, 0.25) is 10.0 Å². The molecular weight excluding hydrogens is 404 g/mol. The first-order chi connectivity index (χ1) is 12.0. The van der Waals surface area contributed by atoms with E-state index in [1.807, 2.05) is 6.07 Å². The summed E-state index contributed by atoms with van der Waals surface area (Å²) in [5, 5.41) is 12.1. The van der Waals surface area contributed by atoms with Crippen molar-refractivity contribution in [2.24, 2.45) is 0 Å². The maximum Gasteiger partial charge on any atom is 0.243 e. The number of nitriles is 1. The van der Waals surface area contributed by atoms with E-state index in [0.29, 0.717) is 29.4 Å². The molecule has 0 saturated carbocycles. The maximum absolute atomic E-state index is 12.8. The summed E-state index contributed by atoms with van der Waals surface area (Å²) in [7, 11) is -3.51. The molecule has 1 unspecified atom stereocenters. The van der Waals surface area contributed by atoms with E-state index in [1.165, 1.54) is 10.5 Å². The van der Waals surface area contributed by atoms with Crippen LogP contribution < -0.4 is 5.32 Å². The first-order valence-electron chi connectivity index (χ1n) is 7.87. The molecule has 1 fully saturated rings. The molecule has 8 heteroatoms. The number of pyridine rings is 1. The average molecular weight is 421 g/mol. The topological polar surface area (TPSA) is 86.1 Å². The molecule has 3 rings (SSSR count). The van der Waals surface area contributed by atoms with Gasteiger partial charge in [0.25, 0.3) is 0 Å². The van der Waals surface area contributed by atoms with Crippen molar-refractivity contribution >= 4 is 31.8 Å². The van der Waals surface area contributed by atoms with Gasteiger partial charge in [-0.2, -0.15) is 9.57 Å². The molecule has 1 atom stereocenters. The summed E-state index contributed by atoms with van der Waals surface area (Å²) < 4.78 is 28.0. The third-order valence-corrected chi connectivity index (χ3v) is 6.49. The summed E-state index contributed by atoms with van der Waals surface area (Å²) in [6.07, 6.45) is 3.15. The van der Waals surface area contributed by atoms with Crippen molar-refractivity contribution in [2.45, 2.75) is 23.8 Å². The molecule has 2 aromatic rings. The third kappa shape index (κ3) is 4.18. The highest BCUT2D eigenvalue weighted by Gasteiger charge is 2.30. The fraction of sp³-hybridized carbons (Fsp3) is 0.294. The number of hydrogen-bond donors (Lipinski definition) is 1. The Hall–Kier alpha value is -1.95. The summed E-state index contributed by atoms with van der Waals surface area (Å²) in [5.41, 5.74) is 0.494. The first kappa shape index (κ1) is 17.9. The van der Waals surface area contributed by atoms with Gasteiger partial charge in [-0.25, -0.2) is 13.4 Å². The molecule has 1 aliphatic rings. The van der Waals surface area contributed by atoms with Crippen LogP contribution in [0, 0.1) is 11.3 Å². The molecule has 25 heavy (non-hydrogen) atoms. The van der Waals surface area contributed by atoms with Crippen molar-refractivity contribution in [3.05, 3.63) is 52.6 Å². The third-order valence-electron chi connectivity index (χ3n) is 4.08. The highest BCUT2D eigenvalue weighted by molar-refractivity contribution is 9.10. The van der Waals surface area contributed by atoms with Gasteiger partial charge in [0, 0.05) is 29.8 Å². The van der Waals surface area contributed by atoms with Gasteiger partial charge in [0.15, 0.2) is 0 Å². The molecule has 1 aliphatic heterocycles. The van der Waals surface area contributed by atoms with Crippen LogP contribution in [0.2, 0.25) is 0 Å². The lowest BCUT2D eigenvalue weighted by Crippen LogP contribution is -2.45. The van der Waals surface area contributed by atoms with Gasteiger partial charge in [0.1, 0.15) is 11.9 Å². The quantitative estimate of drug-likeness (QED) is 0.821. The monoisotopic (exact) mass is 420 g/mol. The van der Waals surface area contributed by atoms with Gasteiger partial charge < -0.3 is 5.32 Å². The highest BCUT2D eigenvalue weighted by atomic mass is 79.9. The molecule has 1 aromatic heterocycles. The number of anilines is 1. The SMILES string of the molecule is N#Cc1ccc(NC2CCCN(S(=O)(=O)c3ccc(Br)cc3)C2)nc1. The van der Waals surface area contributed by atoms with Gasteiger partial charge in [0.05, 0.1) is 10.5 Å². The van der Waals surface area contributed by atoms with Crippen LogP contribution in [0.4, 0.5) is 5.82 Å². The molecule has 0 bridgehead atoms. The van der Waals surface area contributed by atoms with E-state index < -0.39 is 10.0 Å². The van der Waals surface area contributed by atoms with E-state index in [-0.39, 0.29) is 6.04 Å². The Kier molecular flexibility index (Phi) is 5.37. The number of benzene rings is 1. The second kappa shape index (κ2) is 7.52. The Labute approximate surface area is 155 Å². The predicted molar refractivity (Wildman–Crippen MR) is 98.5 cm³/mol. The number of rotatable bonds is 4. The summed E-state index contributed by atoms with van der Waals surface area (Å²) >= 11 is 3.32. The van der Waals surface area contributed by atoms with Crippen molar-refractivity contribution in [3.63, 3.8) is 0 Å². The fourth-order valence-corrected chi connectivity index (χ4v) is 4.58. The molecule has 0 aliphatic carbocycles. The van der Waals surface area contributed by atoms with Crippen molar-refractivity contribution < 1.29 is 8.42 Å². The van der Waals surface area contributed by atoms with Crippen molar-refractivity contribution in [1.29, 1.82) is 5.26 Å². The standard InChI is InChI=1S/C17H17BrN4O2S/c18-14-4-6-16(7-5-14)25(23,24)22-9-1-2-15(12-22)21-17-8-3-13(10-19)11-20-17/h3-8,11,15H,1-2,9,12H2,(H,20,21). The minimum absolute atomic E-state index is 0.0144. The summed E-state index contributed by atoms with van der Waals surface area (Å²) in [6.45, 7) is 0.900. The lowest BCUT2D eigenvalue weighted by Gasteiger charge is -2.32. The minimum atomic E-state index is -3.51. The second-order valence-corrected chi connectivity index (χ2v) is 8.70. The summed E-state index contributed by atoms with van der Waals surface area (Å²) in [4.78, 5) is 4.49. The second-order valence-electron chi connectivity index (χ2n) is 5.84. The van der Waals surface area contributed by atoms with Crippen LogP contribution in [0.15, 0.2) is 52.0 Å². The Morgan fingerprint density at radius 2 is 2.00 bits per heavy atom. The maximum atomic E-state index is 12.8. The van der Waals surface area contributed by atoms with Crippen LogP contribution in [0.3, 0.4) is 0 Å². The van der Waals surface area contributed by atoms with Gasteiger partial charge in [-0.3, -0.25) is 0 Å². The van der Waals surface area contributed by atoms with Gasteiger partial charge in [-0.1, -0.05) is 15.9 Å². The predicted octanol–water partition coefficient (Wildman–Crippen LogP) is 2.98. The number of hydrogen-bond acceptors (Lipinski definition) is 5. The number of nitrogens with zero attached hydrogens (tertiary/aromatic N) is 3. The average Bonchev–Trinajstić information content (AvgIpc) is 2.63. The molecular formula is C17H17BrN4O2S. The van der Waals surface area contributed by atoms with Crippen LogP contribution in [0.25, 0.3) is 0 Å². The lowest BCUT2D eigenvalue weighted by molar-refractivity contribution is 0.327.